The molecule has 0 aromatic heterocycles. The van der Waals surface area contributed by atoms with Crippen molar-refractivity contribution >= 4 is 11.7 Å². The van der Waals surface area contributed by atoms with E-state index >= 15 is 0 Å². The molecule has 1 N–H and O–H groups in total. The van der Waals surface area contributed by atoms with Gasteiger partial charge in [0.2, 0.25) is 0 Å². The van der Waals surface area contributed by atoms with E-state index in [0.717, 1.165) is 12.0 Å². The van der Waals surface area contributed by atoms with Gasteiger partial charge in [0.25, 0.3) is 0 Å². The lowest BCUT2D eigenvalue weighted by atomic mass is 9.94. The minimum Gasteiger partial charge on any atom is -0.465 e. The number of carboxylic acid groups (broad SMARTS) is 1. The van der Waals surface area contributed by atoms with E-state index in [1.54, 1.807) is 0 Å². The number of hydrogen-bond acceptors (Lipinski definition) is 1. The van der Waals surface area contributed by atoms with E-state index in [0.29, 0.717) is 13.1 Å². The summed E-state index contributed by atoms with van der Waals surface area (Å²) in [4.78, 5) is 12.3. The zero-order valence-corrected chi connectivity index (χ0v) is 9.31. The van der Waals surface area contributed by atoms with E-state index < -0.39 is 6.09 Å². The molecule has 1 aromatic carbocycles. The average molecular weight is 217 g/mol. The molecule has 2 rings (SSSR count). The van der Waals surface area contributed by atoms with Crippen LogP contribution < -0.4 is 0 Å². The molecule has 3 heteroatoms. The molecule has 1 amide bonds. The molecule has 0 unspecified atom stereocenters. The maximum atomic E-state index is 10.8. The number of carbonyl (C=O) groups is 1. The van der Waals surface area contributed by atoms with E-state index in [-0.39, 0.29) is 0 Å². The van der Waals surface area contributed by atoms with Gasteiger partial charge in [-0.1, -0.05) is 30.3 Å². The van der Waals surface area contributed by atoms with Gasteiger partial charge in [-0.2, -0.15) is 0 Å². The highest BCUT2D eigenvalue weighted by Gasteiger charge is 2.20. The fourth-order valence-electron chi connectivity index (χ4n) is 2.11. The largest absolute Gasteiger partial charge is 0.465 e. The number of nitrogens with zero attached hydrogens (tertiary/aromatic N) is 1. The van der Waals surface area contributed by atoms with Gasteiger partial charge in [0.15, 0.2) is 0 Å². The van der Waals surface area contributed by atoms with Crippen molar-refractivity contribution in [3.8, 4) is 0 Å². The van der Waals surface area contributed by atoms with Gasteiger partial charge in [0, 0.05) is 13.1 Å². The molecule has 1 aliphatic rings. The molecule has 16 heavy (non-hydrogen) atoms. The third-order valence-electron chi connectivity index (χ3n) is 2.97. The SMILES string of the molecule is CC1=C(c2ccccc2)CCN(C(=O)O)C1. The van der Waals surface area contributed by atoms with E-state index in [1.807, 2.05) is 25.1 Å². The summed E-state index contributed by atoms with van der Waals surface area (Å²) in [6, 6.07) is 10.2. The molecule has 0 fully saturated rings. The van der Waals surface area contributed by atoms with Crippen LogP contribution in [0.3, 0.4) is 0 Å². The van der Waals surface area contributed by atoms with Gasteiger partial charge in [-0.3, -0.25) is 0 Å². The van der Waals surface area contributed by atoms with Gasteiger partial charge < -0.3 is 10.0 Å². The van der Waals surface area contributed by atoms with Crippen molar-refractivity contribution < 1.29 is 9.90 Å². The molecule has 0 atom stereocenters. The van der Waals surface area contributed by atoms with E-state index in [4.69, 9.17) is 5.11 Å². The van der Waals surface area contributed by atoms with Crippen LogP contribution in [0.15, 0.2) is 35.9 Å². The van der Waals surface area contributed by atoms with Crippen molar-refractivity contribution in [2.75, 3.05) is 13.1 Å². The van der Waals surface area contributed by atoms with Crippen LogP contribution in [0.5, 0.6) is 0 Å². The van der Waals surface area contributed by atoms with E-state index in [2.05, 4.69) is 12.1 Å². The van der Waals surface area contributed by atoms with Crippen molar-refractivity contribution in [3.05, 3.63) is 41.5 Å². The van der Waals surface area contributed by atoms with Crippen molar-refractivity contribution in [1.29, 1.82) is 0 Å². The molecule has 1 heterocycles. The molecule has 3 nitrogen and oxygen atoms in total. The Morgan fingerprint density at radius 2 is 2.00 bits per heavy atom. The quantitative estimate of drug-likeness (QED) is 0.785. The molecule has 1 aromatic rings. The number of hydrogen-bond donors (Lipinski definition) is 1. The van der Waals surface area contributed by atoms with Crippen molar-refractivity contribution in [3.63, 3.8) is 0 Å². The van der Waals surface area contributed by atoms with Crippen LogP contribution >= 0.6 is 0 Å². The molecule has 0 radical (unpaired) electrons. The second-order valence-corrected chi connectivity index (χ2v) is 4.08. The van der Waals surface area contributed by atoms with E-state index in [1.165, 1.54) is 16.0 Å². The second-order valence-electron chi connectivity index (χ2n) is 4.08. The molecule has 84 valence electrons. The minimum absolute atomic E-state index is 0.527. The van der Waals surface area contributed by atoms with Crippen LogP contribution in [0.2, 0.25) is 0 Å². The van der Waals surface area contributed by atoms with Crippen LogP contribution in [0.25, 0.3) is 5.57 Å². The molecule has 0 saturated carbocycles. The summed E-state index contributed by atoms with van der Waals surface area (Å²) in [6.07, 6.45) is -0.0197. The Balaban J connectivity index is 2.24. The number of rotatable bonds is 1. The molecule has 1 aliphatic heterocycles. The smallest absolute Gasteiger partial charge is 0.407 e. The Kier molecular flexibility index (Phi) is 2.95. The molecule has 0 saturated heterocycles. The van der Waals surface area contributed by atoms with Gasteiger partial charge in [0.05, 0.1) is 0 Å². The first-order valence-electron chi connectivity index (χ1n) is 5.40. The van der Waals surface area contributed by atoms with Gasteiger partial charge >= 0.3 is 6.09 Å². The van der Waals surface area contributed by atoms with E-state index in [9.17, 15) is 4.79 Å². The monoisotopic (exact) mass is 217 g/mol. The summed E-state index contributed by atoms with van der Waals surface area (Å²) in [5.41, 5.74) is 3.66. The zero-order chi connectivity index (χ0) is 11.5. The Bertz CT molecular complexity index is 423. The average Bonchev–Trinajstić information content (AvgIpc) is 2.30. The second kappa shape index (κ2) is 4.39. The van der Waals surface area contributed by atoms with Crippen LogP contribution in [0.1, 0.15) is 18.9 Å². The molecular formula is C13H15NO2. The topological polar surface area (TPSA) is 40.5 Å². The molecule has 0 aliphatic carbocycles. The van der Waals surface area contributed by atoms with Crippen LogP contribution in [0.4, 0.5) is 4.79 Å². The van der Waals surface area contributed by atoms with Crippen LogP contribution in [-0.4, -0.2) is 29.2 Å². The van der Waals surface area contributed by atoms with Crippen molar-refractivity contribution in [2.45, 2.75) is 13.3 Å². The Hall–Kier alpha value is -1.77. The lowest BCUT2D eigenvalue weighted by Crippen LogP contribution is -2.35. The summed E-state index contributed by atoms with van der Waals surface area (Å²) < 4.78 is 0. The zero-order valence-electron chi connectivity index (χ0n) is 9.31. The molecule has 0 bridgehead atoms. The van der Waals surface area contributed by atoms with Gasteiger partial charge in [0.1, 0.15) is 0 Å². The predicted octanol–water partition coefficient (Wildman–Crippen LogP) is 2.84. The summed E-state index contributed by atoms with van der Waals surface area (Å²) in [5, 5.41) is 8.92. The number of amides is 1. The number of benzene rings is 1. The highest BCUT2D eigenvalue weighted by atomic mass is 16.4. The first-order valence-corrected chi connectivity index (χ1v) is 5.40. The fourth-order valence-corrected chi connectivity index (χ4v) is 2.11. The third kappa shape index (κ3) is 2.08. The van der Waals surface area contributed by atoms with Crippen LogP contribution in [0, 0.1) is 0 Å². The Morgan fingerprint density at radius 1 is 1.31 bits per heavy atom. The Morgan fingerprint density at radius 3 is 2.56 bits per heavy atom. The lowest BCUT2D eigenvalue weighted by molar-refractivity contribution is 0.149. The van der Waals surface area contributed by atoms with Crippen molar-refractivity contribution in [2.24, 2.45) is 0 Å². The normalized spacial score (nSPS) is 16.4. The standard InChI is InChI=1S/C13H15NO2/c1-10-9-14(13(15)16)8-7-12(10)11-5-3-2-4-6-11/h2-6H,7-9H2,1H3,(H,15,16). The van der Waals surface area contributed by atoms with Crippen LogP contribution in [-0.2, 0) is 0 Å². The predicted molar refractivity (Wildman–Crippen MR) is 63.3 cm³/mol. The van der Waals surface area contributed by atoms with Gasteiger partial charge in [-0.05, 0) is 30.1 Å². The summed E-state index contributed by atoms with van der Waals surface area (Å²) in [6.45, 7) is 3.13. The van der Waals surface area contributed by atoms with Crippen molar-refractivity contribution in [1.82, 2.24) is 4.90 Å². The highest BCUT2D eigenvalue weighted by Crippen LogP contribution is 2.26. The molecular weight excluding hydrogens is 202 g/mol. The summed E-state index contributed by atoms with van der Waals surface area (Å²) in [7, 11) is 0. The Labute approximate surface area is 95.0 Å². The van der Waals surface area contributed by atoms with Gasteiger partial charge in [-0.15, -0.1) is 0 Å². The lowest BCUT2D eigenvalue weighted by Gasteiger charge is -2.27. The summed E-state index contributed by atoms with van der Waals surface area (Å²) >= 11 is 0. The maximum absolute atomic E-state index is 10.8. The third-order valence-corrected chi connectivity index (χ3v) is 2.97. The summed E-state index contributed by atoms with van der Waals surface area (Å²) in [5.74, 6) is 0. The van der Waals surface area contributed by atoms with Gasteiger partial charge in [-0.25, -0.2) is 4.79 Å². The first kappa shape index (κ1) is 10.7. The maximum Gasteiger partial charge on any atom is 0.407 e. The minimum atomic E-state index is -0.827. The fraction of sp³-hybridized carbons (Fsp3) is 0.308. The highest BCUT2D eigenvalue weighted by molar-refractivity contribution is 5.73. The molecule has 0 spiro atoms. The first-order chi connectivity index (χ1) is 7.68.